The van der Waals surface area contributed by atoms with Crippen LogP contribution in [0.5, 0.6) is 0 Å². The second-order valence-electron chi connectivity index (χ2n) is 5.84. The smallest absolute Gasteiger partial charge is 0.376 e. The number of nitro groups is 1. The van der Waals surface area contributed by atoms with E-state index in [-0.39, 0.29) is 22.5 Å². The van der Waals surface area contributed by atoms with Crippen molar-refractivity contribution in [3.05, 3.63) is 63.2 Å². The Labute approximate surface area is 147 Å². The number of carbonyl (C=O) groups is 1. The van der Waals surface area contributed by atoms with Gasteiger partial charge in [0.15, 0.2) is 0 Å². The molecule has 0 aliphatic rings. The molecule has 0 atom stereocenters. The Balaban J connectivity index is 2.39. The van der Waals surface area contributed by atoms with Crippen molar-refractivity contribution in [2.75, 3.05) is 24.3 Å². The van der Waals surface area contributed by atoms with Gasteiger partial charge < -0.3 is 10.2 Å². The lowest BCUT2D eigenvalue weighted by molar-refractivity contribution is -0.385. The zero-order valence-corrected chi connectivity index (χ0v) is 14.2. The maximum absolute atomic E-state index is 12.9. The van der Waals surface area contributed by atoms with Gasteiger partial charge >= 0.3 is 6.18 Å². The van der Waals surface area contributed by atoms with Gasteiger partial charge in [-0.2, -0.15) is 13.2 Å². The van der Waals surface area contributed by atoms with Crippen LogP contribution in [0.25, 0.3) is 0 Å². The van der Waals surface area contributed by atoms with E-state index in [0.29, 0.717) is 5.69 Å². The summed E-state index contributed by atoms with van der Waals surface area (Å²) in [5.74, 6) is -0.662. The fourth-order valence-electron chi connectivity index (χ4n) is 2.40. The summed E-state index contributed by atoms with van der Waals surface area (Å²) < 4.78 is 38.8. The molecule has 0 fully saturated rings. The topological polar surface area (TPSA) is 75.5 Å². The average Bonchev–Trinajstić information content (AvgIpc) is 2.53. The molecule has 138 valence electrons. The van der Waals surface area contributed by atoms with E-state index in [1.165, 1.54) is 31.2 Å². The SMILES string of the molecule is Cc1cc(C(=O)Nc2cc(C(F)(F)F)ccc2N(C)C)ccc1[N+](=O)[O-]. The summed E-state index contributed by atoms with van der Waals surface area (Å²) in [4.78, 5) is 24.2. The first kappa shape index (κ1) is 19.2. The number of alkyl halides is 3. The molecule has 2 rings (SSSR count). The molecule has 1 N–H and O–H groups in total. The van der Waals surface area contributed by atoms with Crippen LogP contribution in [0.1, 0.15) is 21.5 Å². The number of nitro benzene ring substituents is 1. The zero-order valence-electron chi connectivity index (χ0n) is 14.2. The van der Waals surface area contributed by atoms with Gasteiger partial charge in [-0.05, 0) is 37.3 Å². The van der Waals surface area contributed by atoms with E-state index >= 15 is 0 Å². The summed E-state index contributed by atoms with van der Waals surface area (Å²) in [5.41, 5.74) is -0.265. The van der Waals surface area contributed by atoms with Crippen molar-refractivity contribution in [2.24, 2.45) is 0 Å². The molecule has 0 heterocycles. The van der Waals surface area contributed by atoms with Crippen LogP contribution in [0.2, 0.25) is 0 Å². The molecule has 6 nitrogen and oxygen atoms in total. The van der Waals surface area contributed by atoms with E-state index in [9.17, 15) is 28.1 Å². The van der Waals surface area contributed by atoms with Gasteiger partial charge in [-0.15, -0.1) is 0 Å². The molecule has 0 saturated carbocycles. The maximum Gasteiger partial charge on any atom is 0.416 e. The van der Waals surface area contributed by atoms with Crippen molar-refractivity contribution < 1.29 is 22.9 Å². The number of halogens is 3. The summed E-state index contributed by atoms with van der Waals surface area (Å²) >= 11 is 0. The van der Waals surface area contributed by atoms with E-state index in [0.717, 1.165) is 12.1 Å². The molecule has 26 heavy (non-hydrogen) atoms. The normalized spacial score (nSPS) is 11.2. The summed E-state index contributed by atoms with van der Waals surface area (Å²) in [6.45, 7) is 1.48. The van der Waals surface area contributed by atoms with E-state index in [4.69, 9.17) is 0 Å². The van der Waals surface area contributed by atoms with Crippen molar-refractivity contribution in [1.29, 1.82) is 0 Å². The number of carbonyl (C=O) groups excluding carboxylic acids is 1. The Bertz CT molecular complexity index is 864. The third kappa shape index (κ3) is 4.11. The lowest BCUT2D eigenvalue weighted by atomic mass is 10.1. The lowest BCUT2D eigenvalue weighted by Crippen LogP contribution is -2.18. The number of hydrogen-bond donors (Lipinski definition) is 1. The van der Waals surface area contributed by atoms with Gasteiger partial charge in [-0.1, -0.05) is 0 Å². The van der Waals surface area contributed by atoms with Gasteiger partial charge in [0.2, 0.25) is 0 Å². The Morgan fingerprint density at radius 1 is 1.15 bits per heavy atom. The second kappa shape index (κ2) is 7.03. The molecule has 2 aromatic carbocycles. The van der Waals surface area contributed by atoms with Crippen LogP contribution in [0.3, 0.4) is 0 Å². The van der Waals surface area contributed by atoms with Crippen molar-refractivity contribution in [3.8, 4) is 0 Å². The van der Waals surface area contributed by atoms with E-state index in [1.807, 2.05) is 0 Å². The van der Waals surface area contributed by atoms with Crippen LogP contribution in [-0.2, 0) is 6.18 Å². The average molecular weight is 367 g/mol. The maximum atomic E-state index is 12.9. The quantitative estimate of drug-likeness (QED) is 0.648. The van der Waals surface area contributed by atoms with Crippen LogP contribution < -0.4 is 10.2 Å². The van der Waals surface area contributed by atoms with Crippen molar-refractivity contribution >= 4 is 23.0 Å². The summed E-state index contributed by atoms with van der Waals surface area (Å²) in [6, 6.07) is 6.80. The highest BCUT2D eigenvalue weighted by Gasteiger charge is 2.31. The number of aryl methyl sites for hydroxylation is 1. The first-order chi connectivity index (χ1) is 12.0. The number of rotatable bonds is 4. The molecule has 0 saturated heterocycles. The number of benzene rings is 2. The molecular weight excluding hydrogens is 351 g/mol. The Morgan fingerprint density at radius 3 is 2.31 bits per heavy atom. The fourth-order valence-corrected chi connectivity index (χ4v) is 2.40. The van der Waals surface area contributed by atoms with Crippen LogP contribution in [-0.4, -0.2) is 24.9 Å². The predicted molar refractivity (Wildman–Crippen MR) is 91.6 cm³/mol. The van der Waals surface area contributed by atoms with E-state index in [2.05, 4.69) is 5.32 Å². The second-order valence-corrected chi connectivity index (χ2v) is 5.84. The molecule has 0 aliphatic carbocycles. The molecule has 0 aliphatic heterocycles. The van der Waals surface area contributed by atoms with Crippen LogP contribution in [0.4, 0.5) is 30.2 Å². The van der Waals surface area contributed by atoms with Crippen molar-refractivity contribution in [2.45, 2.75) is 13.1 Å². The van der Waals surface area contributed by atoms with Gasteiger partial charge in [0.05, 0.1) is 21.9 Å². The van der Waals surface area contributed by atoms with Gasteiger partial charge in [-0.25, -0.2) is 0 Å². The molecule has 1 amide bonds. The zero-order chi connectivity index (χ0) is 19.6. The summed E-state index contributed by atoms with van der Waals surface area (Å²) in [5, 5.41) is 13.3. The van der Waals surface area contributed by atoms with Crippen LogP contribution >= 0.6 is 0 Å². The Kier molecular flexibility index (Phi) is 5.20. The van der Waals surface area contributed by atoms with Crippen LogP contribution in [0.15, 0.2) is 36.4 Å². The molecule has 0 unspecified atom stereocenters. The molecule has 9 heteroatoms. The minimum absolute atomic E-state index is 0.00849. The highest BCUT2D eigenvalue weighted by molar-refractivity contribution is 6.06. The van der Waals surface area contributed by atoms with Gasteiger partial charge in [0, 0.05) is 31.3 Å². The summed E-state index contributed by atoms with van der Waals surface area (Å²) in [7, 11) is 3.27. The molecule has 2 aromatic rings. The first-order valence-electron chi connectivity index (χ1n) is 7.45. The monoisotopic (exact) mass is 367 g/mol. The van der Waals surface area contributed by atoms with E-state index < -0.39 is 22.6 Å². The fraction of sp³-hybridized carbons (Fsp3) is 0.235. The third-order valence-corrected chi connectivity index (χ3v) is 3.71. The van der Waals surface area contributed by atoms with Crippen molar-refractivity contribution in [1.82, 2.24) is 0 Å². The Hall–Kier alpha value is -3.10. The number of nitrogens with one attached hydrogen (secondary N) is 1. The third-order valence-electron chi connectivity index (χ3n) is 3.71. The minimum atomic E-state index is -4.55. The number of nitrogens with zero attached hydrogens (tertiary/aromatic N) is 2. The van der Waals surface area contributed by atoms with Crippen molar-refractivity contribution in [3.63, 3.8) is 0 Å². The predicted octanol–water partition coefficient (Wildman–Crippen LogP) is 4.24. The number of amides is 1. The molecular formula is C17H16F3N3O3. The van der Waals surface area contributed by atoms with Crippen LogP contribution in [0, 0.1) is 17.0 Å². The highest BCUT2D eigenvalue weighted by atomic mass is 19.4. The molecule has 0 spiro atoms. The molecule has 0 radical (unpaired) electrons. The lowest BCUT2D eigenvalue weighted by Gasteiger charge is -2.20. The highest BCUT2D eigenvalue weighted by Crippen LogP contribution is 2.35. The largest absolute Gasteiger partial charge is 0.416 e. The Morgan fingerprint density at radius 2 is 1.81 bits per heavy atom. The summed E-state index contributed by atoms with van der Waals surface area (Å²) in [6.07, 6.45) is -4.55. The molecule has 0 aromatic heterocycles. The first-order valence-corrected chi connectivity index (χ1v) is 7.45. The van der Waals surface area contributed by atoms with E-state index in [1.54, 1.807) is 19.0 Å². The van der Waals surface area contributed by atoms with Gasteiger partial charge in [0.25, 0.3) is 11.6 Å². The van der Waals surface area contributed by atoms with Gasteiger partial charge in [-0.3, -0.25) is 14.9 Å². The number of anilines is 2. The number of hydrogen-bond acceptors (Lipinski definition) is 4. The minimum Gasteiger partial charge on any atom is -0.376 e. The molecule has 0 bridgehead atoms. The standard InChI is InChI=1S/C17H16F3N3O3/c1-10-8-11(4-6-14(10)23(25)26)16(24)21-13-9-12(17(18,19)20)5-7-15(13)22(2)3/h4-9H,1-3H3,(H,21,24). The van der Waals surface area contributed by atoms with Gasteiger partial charge in [0.1, 0.15) is 0 Å².